The van der Waals surface area contributed by atoms with Gasteiger partial charge in [0.1, 0.15) is 17.7 Å². The molecule has 2 amide bonds. The van der Waals surface area contributed by atoms with Gasteiger partial charge in [-0.15, -0.1) is 0 Å². The molecule has 1 saturated heterocycles. The van der Waals surface area contributed by atoms with Crippen molar-refractivity contribution >= 4 is 33.5 Å². The van der Waals surface area contributed by atoms with Gasteiger partial charge in [0.25, 0.3) is 0 Å². The Morgan fingerprint density at radius 3 is 2.49 bits per heavy atom. The first kappa shape index (κ1) is 31.6. The summed E-state index contributed by atoms with van der Waals surface area (Å²) >= 11 is 0. The number of carbonyl (C=O) groups is 2. The Kier molecular flexibility index (Phi) is 10.5. The Labute approximate surface area is 252 Å². The maximum Gasteiger partial charge on any atom is 0.241 e. The number of amides is 2. The molecule has 1 fully saturated rings. The molecule has 1 atom stereocenters. The maximum atomic E-state index is 13.9. The van der Waals surface area contributed by atoms with E-state index in [2.05, 4.69) is 15.0 Å². The second kappa shape index (κ2) is 14.3. The van der Waals surface area contributed by atoms with Crippen molar-refractivity contribution in [3.63, 3.8) is 0 Å². The Bertz CT molecular complexity index is 1550. The molecule has 1 aromatic heterocycles. The van der Waals surface area contributed by atoms with Gasteiger partial charge < -0.3 is 21.7 Å². The van der Waals surface area contributed by atoms with Crippen LogP contribution in [-0.4, -0.2) is 62.1 Å². The molecule has 0 unspecified atom stereocenters. The van der Waals surface area contributed by atoms with Gasteiger partial charge >= 0.3 is 0 Å². The highest BCUT2D eigenvalue weighted by Crippen LogP contribution is 2.25. The molecular weight excluding hydrogens is 566 g/mol. The number of aromatic nitrogens is 1. The molecule has 228 valence electrons. The fraction of sp³-hybridized carbons (Fsp3) is 0.355. The van der Waals surface area contributed by atoms with Crippen LogP contribution in [-0.2, 0) is 26.0 Å². The van der Waals surface area contributed by atoms with E-state index in [-0.39, 0.29) is 29.0 Å². The summed E-state index contributed by atoms with van der Waals surface area (Å²) < 4.78 is 30.0. The Morgan fingerprint density at radius 2 is 1.81 bits per heavy atom. The lowest BCUT2D eigenvalue weighted by molar-refractivity contribution is -0.134. The van der Waals surface area contributed by atoms with Gasteiger partial charge in [-0.05, 0) is 79.5 Å². The molecule has 1 aliphatic heterocycles. The number of nitrogens with one attached hydrogen (secondary N) is 3. The molecule has 3 aromatic rings. The van der Waals surface area contributed by atoms with Crippen molar-refractivity contribution in [1.82, 2.24) is 19.9 Å². The summed E-state index contributed by atoms with van der Waals surface area (Å²) in [5, 5.41) is 10.4. The zero-order valence-electron chi connectivity index (χ0n) is 24.3. The van der Waals surface area contributed by atoms with Gasteiger partial charge in [0, 0.05) is 43.9 Å². The second-order valence-electron chi connectivity index (χ2n) is 10.8. The number of hydrogen-bond acceptors (Lipinski definition) is 7. The first-order valence-corrected chi connectivity index (χ1v) is 15.8. The molecule has 0 saturated carbocycles. The molecule has 12 heteroatoms. The predicted molar refractivity (Wildman–Crippen MR) is 167 cm³/mol. The summed E-state index contributed by atoms with van der Waals surface area (Å²) in [6, 6.07) is 15.7. The van der Waals surface area contributed by atoms with Crippen LogP contribution in [0.15, 0.2) is 71.8 Å². The highest BCUT2D eigenvalue weighted by atomic mass is 32.2. The van der Waals surface area contributed by atoms with Crippen LogP contribution in [0.4, 0.5) is 5.82 Å². The first-order valence-electron chi connectivity index (χ1n) is 14.3. The Hall–Kier alpha value is -4.29. The van der Waals surface area contributed by atoms with Crippen LogP contribution in [0.3, 0.4) is 0 Å². The van der Waals surface area contributed by atoms with E-state index in [4.69, 9.17) is 16.9 Å². The number of anilines is 1. The topological polar surface area (TPSA) is 184 Å². The number of nitrogens with zero attached hydrogens (tertiary/aromatic N) is 2. The van der Waals surface area contributed by atoms with E-state index in [0.29, 0.717) is 53.5 Å². The number of sulfonamides is 1. The molecule has 0 radical (unpaired) electrons. The van der Waals surface area contributed by atoms with E-state index < -0.39 is 16.1 Å². The van der Waals surface area contributed by atoms with Gasteiger partial charge in [0.2, 0.25) is 21.8 Å². The zero-order chi connectivity index (χ0) is 31.0. The van der Waals surface area contributed by atoms with Gasteiger partial charge in [0.15, 0.2) is 0 Å². The molecule has 0 aliphatic carbocycles. The summed E-state index contributed by atoms with van der Waals surface area (Å²) in [5.41, 5.74) is 13.9. The molecule has 11 nitrogen and oxygen atoms in total. The number of pyridine rings is 1. The van der Waals surface area contributed by atoms with E-state index >= 15 is 0 Å². The third kappa shape index (κ3) is 8.62. The smallest absolute Gasteiger partial charge is 0.241 e. The monoisotopic (exact) mass is 605 g/mol. The maximum absolute atomic E-state index is 13.9. The standard InChI is InChI=1S/C31H39N7O4S/c1-35-29(39)10-3-5-21-13-15-38(16-14-21)31(40)27(18-22-6-2-8-24(17-22)30(33)34)37-43(41,42)26-9-4-7-23(19-26)25-11-12-28(32)36-20-25/h2,4,6-9,11-12,17,19-21,27,37H,3,5,10,13-16,18H2,1H3,(H2,32,36)(H3,33,34)(H,35,39)/t27-/m1/s1. The zero-order valence-corrected chi connectivity index (χ0v) is 25.1. The second-order valence-corrected chi connectivity index (χ2v) is 12.5. The fourth-order valence-electron chi connectivity index (χ4n) is 5.29. The molecule has 1 aliphatic rings. The fourth-order valence-corrected chi connectivity index (χ4v) is 6.53. The number of carbonyl (C=O) groups excluding carboxylic acids is 2. The summed E-state index contributed by atoms with van der Waals surface area (Å²) in [6.45, 7) is 1.02. The van der Waals surface area contributed by atoms with Crippen LogP contribution in [0.25, 0.3) is 11.1 Å². The van der Waals surface area contributed by atoms with Crippen LogP contribution >= 0.6 is 0 Å². The average Bonchev–Trinajstić information content (AvgIpc) is 3.01. The predicted octanol–water partition coefficient (Wildman–Crippen LogP) is 2.66. The van der Waals surface area contributed by atoms with E-state index in [1.54, 1.807) is 66.7 Å². The molecule has 43 heavy (non-hydrogen) atoms. The number of likely N-dealkylation sites (tertiary alicyclic amines) is 1. The van der Waals surface area contributed by atoms with E-state index in [0.717, 1.165) is 25.7 Å². The quantitative estimate of drug-likeness (QED) is 0.155. The summed E-state index contributed by atoms with van der Waals surface area (Å²) in [7, 11) is -2.48. The highest BCUT2D eigenvalue weighted by Gasteiger charge is 2.32. The number of amidine groups is 1. The molecule has 0 spiro atoms. The summed E-state index contributed by atoms with van der Waals surface area (Å²) in [4.78, 5) is 31.2. The van der Waals surface area contributed by atoms with E-state index in [1.165, 1.54) is 12.1 Å². The van der Waals surface area contributed by atoms with Crippen LogP contribution in [0.5, 0.6) is 0 Å². The lowest BCUT2D eigenvalue weighted by Gasteiger charge is -2.34. The molecule has 2 heterocycles. The third-order valence-electron chi connectivity index (χ3n) is 7.76. The SMILES string of the molecule is CNC(=O)CCCC1CCN(C(=O)[C@@H](Cc2cccc(C(=N)N)c2)NS(=O)(=O)c2cccc(-c3ccc(N)nc3)c2)CC1. The summed E-state index contributed by atoms with van der Waals surface area (Å²) in [5.74, 6) is 0.364. The lowest BCUT2D eigenvalue weighted by Crippen LogP contribution is -2.51. The number of benzene rings is 2. The van der Waals surface area contributed by atoms with E-state index in [9.17, 15) is 18.0 Å². The van der Waals surface area contributed by atoms with Gasteiger partial charge in [0.05, 0.1) is 4.90 Å². The van der Waals surface area contributed by atoms with Crippen molar-refractivity contribution in [2.45, 2.75) is 49.5 Å². The first-order chi connectivity index (χ1) is 20.6. The molecule has 4 rings (SSSR count). The van der Waals surface area contributed by atoms with Crippen molar-refractivity contribution in [3.8, 4) is 11.1 Å². The van der Waals surface area contributed by atoms with Crippen molar-refractivity contribution in [2.75, 3.05) is 25.9 Å². The van der Waals surface area contributed by atoms with Crippen LogP contribution in [0.2, 0.25) is 0 Å². The molecular formula is C31H39N7O4S. The average molecular weight is 606 g/mol. The Balaban J connectivity index is 1.53. The van der Waals surface area contributed by atoms with Crippen molar-refractivity contribution in [2.24, 2.45) is 11.7 Å². The van der Waals surface area contributed by atoms with Crippen LogP contribution in [0, 0.1) is 11.3 Å². The number of hydrogen-bond donors (Lipinski definition) is 5. The van der Waals surface area contributed by atoms with E-state index in [1.807, 2.05) is 0 Å². The van der Waals surface area contributed by atoms with Gasteiger partial charge in [-0.1, -0.05) is 30.3 Å². The minimum Gasteiger partial charge on any atom is -0.384 e. The number of rotatable bonds is 12. The lowest BCUT2D eigenvalue weighted by atomic mass is 9.91. The minimum atomic E-state index is -4.11. The number of nitrogens with two attached hydrogens (primary N) is 2. The molecule has 2 aromatic carbocycles. The van der Waals surface area contributed by atoms with Crippen molar-refractivity contribution < 1.29 is 18.0 Å². The van der Waals surface area contributed by atoms with Crippen LogP contribution < -0.4 is 21.5 Å². The molecule has 7 N–H and O–H groups in total. The van der Waals surface area contributed by atoms with Crippen molar-refractivity contribution in [1.29, 1.82) is 5.41 Å². The third-order valence-corrected chi connectivity index (χ3v) is 9.23. The van der Waals surface area contributed by atoms with Gasteiger partial charge in [-0.3, -0.25) is 15.0 Å². The van der Waals surface area contributed by atoms with Gasteiger partial charge in [-0.25, -0.2) is 13.4 Å². The van der Waals surface area contributed by atoms with Crippen molar-refractivity contribution in [3.05, 3.63) is 78.0 Å². The Morgan fingerprint density at radius 1 is 1.07 bits per heavy atom. The number of piperidine rings is 1. The largest absolute Gasteiger partial charge is 0.384 e. The van der Waals surface area contributed by atoms with Gasteiger partial charge in [-0.2, -0.15) is 4.72 Å². The number of nitrogen functional groups attached to an aromatic ring is 2. The highest BCUT2D eigenvalue weighted by molar-refractivity contribution is 7.89. The minimum absolute atomic E-state index is 0.0203. The van der Waals surface area contributed by atoms with Crippen LogP contribution in [0.1, 0.15) is 43.2 Å². The normalized spacial score (nSPS) is 14.7. The molecule has 0 bridgehead atoms. The summed E-state index contributed by atoms with van der Waals surface area (Å²) in [6.07, 6.45) is 5.42.